The van der Waals surface area contributed by atoms with Crippen molar-refractivity contribution in [3.63, 3.8) is 0 Å². The lowest BCUT2D eigenvalue weighted by atomic mass is 9.63. The van der Waals surface area contributed by atoms with Crippen LogP contribution in [0.3, 0.4) is 0 Å². The van der Waals surface area contributed by atoms with Crippen LogP contribution in [0, 0.1) is 11.8 Å². The maximum absolute atomic E-state index is 12.8. The number of amides is 7. The Labute approximate surface area is 648 Å². The fourth-order valence-electron chi connectivity index (χ4n) is 15.1. The monoisotopic (exact) mass is 1510 g/mol. The molecule has 0 atom stereocenters. The maximum atomic E-state index is 12.8. The van der Waals surface area contributed by atoms with E-state index in [1.165, 1.54) is 50.9 Å². The number of carboxylic acids is 2. The van der Waals surface area contributed by atoms with Gasteiger partial charge in [0.1, 0.15) is 16.8 Å². The van der Waals surface area contributed by atoms with Crippen LogP contribution in [0.25, 0.3) is 0 Å². The lowest BCUT2D eigenvalue weighted by Gasteiger charge is -2.42. The van der Waals surface area contributed by atoms with Gasteiger partial charge in [-0.3, -0.25) is 45.7 Å². The van der Waals surface area contributed by atoms with Crippen molar-refractivity contribution in [3.05, 3.63) is 140 Å². The molecule has 0 spiro atoms. The molecule has 2 heterocycles. The first-order chi connectivity index (χ1) is 49.8. The van der Waals surface area contributed by atoms with E-state index in [0.717, 1.165) is 44.9 Å². The van der Waals surface area contributed by atoms with Gasteiger partial charge in [-0.05, 0) is 276 Å². The number of nitrogen functional groups attached to an aromatic ring is 1. The third-order valence-electron chi connectivity index (χ3n) is 22.6. The Hall–Kier alpha value is -8.53. The molecule has 4 aromatic rings. The highest BCUT2D eigenvalue weighted by Crippen LogP contribution is 2.50. The summed E-state index contributed by atoms with van der Waals surface area (Å²) in [6, 6.07) is 23.2. The van der Waals surface area contributed by atoms with E-state index >= 15 is 0 Å². The van der Waals surface area contributed by atoms with E-state index < -0.39 is 34.8 Å². The van der Waals surface area contributed by atoms with Crippen LogP contribution in [0.2, 0.25) is 0 Å². The highest BCUT2D eigenvalue weighted by atomic mass is 16.6. The van der Waals surface area contributed by atoms with Gasteiger partial charge in [-0.15, -0.1) is 0 Å². The summed E-state index contributed by atoms with van der Waals surface area (Å²) < 4.78 is 15.7. The van der Waals surface area contributed by atoms with Crippen LogP contribution in [-0.2, 0) is 67.1 Å². The Morgan fingerprint density at radius 3 is 0.890 bits per heavy atom. The fraction of sp³-hybridized carbons (Fsp3) is 0.621. The van der Waals surface area contributed by atoms with Crippen molar-refractivity contribution in [2.75, 3.05) is 26.2 Å². The number of fused-ring (bicyclic) bond motifs is 4. The van der Waals surface area contributed by atoms with E-state index in [4.69, 9.17) is 30.3 Å². The third-order valence-corrected chi connectivity index (χ3v) is 22.6. The summed E-state index contributed by atoms with van der Waals surface area (Å²) in [5, 5.41) is 17.9. The van der Waals surface area contributed by atoms with Crippen molar-refractivity contribution in [1.82, 2.24) is 36.9 Å². The molecule has 22 nitrogen and oxygen atoms in total. The normalized spacial score (nSPS) is 19.4. The van der Waals surface area contributed by atoms with Gasteiger partial charge in [0.15, 0.2) is 0 Å². The van der Waals surface area contributed by atoms with E-state index in [-0.39, 0.29) is 91.0 Å². The molecule has 10 rings (SSSR count). The largest absolute Gasteiger partial charge is 0.481 e. The Morgan fingerprint density at radius 2 is 0.615 bits per heavy atom. The van der Waals surface area contributed by atoms with Gasteiger partial charge in [0.25, 0.3) is 17.7 Å². The summed E-state index contributed by atoms with van der Waals surface area (Å²) >= 11 is 0. The number of hydrazine groups is 3. The number of piperidine rings is 2. The molecule has 0 bridgehead atoms. The highest BCUT2D eigenvalue weighted by Gasteiger charge is 2.42. The zero-order chi connectivity index (χ0) is 82.4. The van der Waals surface area contributed by atoms with Crippen molar-refractivity contribution in [2.45, 2.75) is 310 Å². The van der Waals surface area contributed by atoms with Crippen LogP contribution in [0.1, 0.15) is 336 Å². The number of nitrogens with zero attached hydrogens (tertiary/aromatic N) is 2. The molecule has 0 aromatic heterocycles. The van der Waals surface area contributed by atoms with Crippen molar-refractivity contribution in [2.24, 2.45) is 17.7 Å². The molecule has 4 aliphatic carbocycles. The number of carbonyl (C=O) groups is 9. The lowest BCUT2D eigenvalue weighted by Crippen LogP contribution is -2.48. The number of likely N-dealkylation sites (tertiary alicyclic amines) is 2. The second-order valence-corrected chi connectivity index (χ2v) is 38.7. The van der Waals surface area contributed by atoms with E-state index in [0.29, 0.717) is 74.1 Å². The maximum Gasteiger partial charge on any atom is 0.426 e. The van der Waals surface area contributed by atoms with Crippen molar-refractivity contribution < 1.29 is 67.6 Å². The van der Waals surface area contributed by atoms with Crippen molar-refractivity contribution >= 4 is 53.8 Å². The van der Waals surface area contributed by atoms with Crippen molar-refractivity contribution in [3.8, 4) is 0 Å². The number of rotatable bonds is 6. The molecule has 7 amide bonds. The first-order valence-electron chi connectivity index (χ1n) is 38.8. The molecule has 22 heteroatoms. The number of nitrogens with one attached hydrogen (secondary N) is 5. The van der Waals surface area contributed by atoms with Crippen LogP contribution in [0.5, 0.6) is 0 Å². The highest BCUT2D eigenvalue weighted by molar-refractivity contribution is 5.97. The molecule has 2 fully saturated rings. The van der Waals surface area contributed by atoms with Crippen LogP contribution in [0.4, 0.5) is 14.4 Å². The average Bonchev–Trinajstić information content (AvgIpc) is 0.776. The van der Waals surface area contributed by atoms with E-state index in [1.54, 1.807) is 36.6 Å². The number of carbonyl (C=O) groups excluding carboxylic acids is 7. The van der Waals surface area contributed by atoms with Gasteiger partial charge >= 0.3 is 30.2 Å². The minimum Gasteiger partial charge on any atom is -0.481 e. The molecule has 9 N–H and O–H groups in total. The predicted octanol–water partition coefficient (Wildman–Crippen LogP) is 16.7. The molecule has 0 saturated carbocycles. The van der Waals surface area contributed by atoms with Crippen molar-refractivity contribution in [1.29, 1.82) is 0 Å². The van der Waals surface area contributed by atoms with Crippen LogP contribution in [-0.4, -0.2) is 117 Å². The molecule has 0 radical (unpaired) electrons. The van der Waals surface area contributed by atoms with Gasteiger partial charge in [0.05, 0.1) is 11.5 Å². The summed E-state index contributed by atoms with van der Waals surface area (Å²) in [6.07, 6.45) is 9.65. The number of hydrogen-bond acceptors (Lipinski definition) is 13. The SMILES string of the molecule is CC(C)(C)OC(=O)N1CCC(C(=O)NNC(=O)c2ccc3c(c2)C(C)(C)CCC3(C)C)CC1.CC(C)(C)OC(=O)N1CCC(C(=O)O)CC1.CC(C)(C)OC(=O)NNC(=O)c1ccc2c(c1)C(C)(C)CCC2(C)C.CC1(C)CCC(C)(C)c2cc(C(=O)NN)ccc21.CC1(C)CCC(C)(C)c2cc(C(=O)O)ccc21. The summed E-state index contributed by atoms with van der Waals surface area (Å²) in [5.41, 5.74) is 23.4. The molecule has 4 aromatic carbocycles. The lowest BCUT2D eigenvalue weighted by molar-refractivity contribution is -0.143. The molecule has 2 saturated heterocycles. The number of aromatic carboxylic acids is 1. The van der Waals surface area contributed by atoms with Crippen LogP contribution >= 0.6 is 0 Å². The number of nitrogens with two attached hydrogens (primary N) is 1. The second-order valence-electron chi connectivity index (χ2n) is 38.7. The van der Waals surface area contributed by atoms with E-state index in [1.807, 2.05) is 96.1 Å². The molecule has 602 valence electrons. The summed E-state index contributed by atoms with van der Waals surface area (Å²) in [6.45, 7) is 53.8. The van der Waals surface area contributed by atoms with Gasteiger partial charge in [-0.2, -0.15) is 0 Å². The van der Waals surface area contributed by atoms with Gasteiger partial charge in [-0.1, -0.05) is 135 Å². The van der Waals surface area contributed by atoms with Gasteiger partial charge < -0.3 is 34.2 Å². The zero-order valence-electron chi connectivity index (χ0n) is 70.2. The number of benzene rings is 4. The number of hydrogen-bond donors (Lipinski definition) is 8. The Balaban J connectivity index is 0.000000219. The number of carboxylic acid groups (broad SMARTS) is 2. The topological polar surface area (TPSA) is 314 Å². The quantitative estimate of drug-likeness (QED) is 0.0385. The Bertz CT molecular complexity index is 3990. The minimum atomic E-state index is -0.841. The molecular formula is C87H130N8O14. The van der Waals surface area contributed by atoms with E-state index in [2.05, 4.69) is 150 Å². The third kappa shape index (κ3) is 24.0. The van der Waals surface area contributed by atoms with Gasteiger partial charge in [-0.25, -0.2) is 30.4 Å². The minimum absolute atomic E-state index is 0.00645. The first-order valence-corrected chi connectivity index (χ1v) is 38.8. The number of aliphatic carboxylic acids is 1. The van der Waals surface area contributed by atoms with Gasteiger partial charge in [0, 0.05) is 48.8 Å². The summed E-state index contributed by atoms with van der Waals surface area (Å²) in [4.78, 5) is 110. The zero-order valence-corrected chi connectivity index (χ0v) is 70.2. The molecular weight excluding hydrogens is 1380 g/mol. The average molecular weight is 1510 g/mol. The van der Waals surface area contributed by atoms with Crippen LogP contribution in [0.15, 0.2) is 72.8 Å². The standard InChI is InChI=1S/C26H39N3O4.C20H30N2O3.C15H22N2O.C15H20O2.C11H19NO4/c1-24(2,3)33-23(32)29-14-10-17(11-15-29)21(30)27-28-22(31)18-8-9-19-20(16-18)26(6,7)13-12-25(19,4)5;1-18(2,3)25-17(24)22-21-16(23)13-8-9-14-15(12-13)20(6,7)11-10-19(14,4)5;1-14(2)7-8-15(3,4)12-9-10(13(18)17-16)5-6-11(12)14;1-14(2)7-8-15(3,4)12-9-10(13(16)17)5-6-11(12)14;1-11(2,3)16-10(15)12-6-4-8(5-7-12)9(13)14/h8-9,16-17H,10-15H2,1-7H3,(H,27,30)(H,28,31);8-9,12H,10-11H2,1-7H3,(H,21,23)(H,22,24);5-6,9H,7-8,16H2,1-4H3,(H,17,18);5-6,9H,7-8H2,1-4H3,(H,16,17);8H,4-7H2,1-3H3,(H,13,14). The van der Waals surface area contributed by atoms with E-state index in [9.17, 15) is 43.2 Å². The fourth-order valence-corrected chi connectivity index (χ4v) is 15.1. The Morgan fingerprint density at radius 1 is 0.358 bits per heavy atom. The van der Waals surface area contributed by atoms with Gasteiger partial charge in [0.2, 0.25) is 5.91 Å². The first kappa shape index (κ1) is 89.4. The molecule has 6 aliphatic rings. The number of ether oxygens (including phenoxy) is 3. The summed E-state index contributed by atoms with van der Waals surface area (Å²) in [7, 11) is 0. The second kappa shape index (κ2) is 34.0. The van der Waals surface area contributed by atoms with Crippen LogP contribution < -0.4 is 33.0 Å². The smallest absolute Gasteiger partial charge is 0.426 e. The molecule has 0 unspecified atom stereocenters. The Kier molecular flexibility index (Phi) is 27.9. The molecule has 109 heavy (non-hydrogen) atoms. The predicted molar refractivity (Wildman–Crippen MR) is 427 cm³/mol. The summed E-state index contributed by atoms with van der Waals surface area (Å²) in [5.74, 6) is 1.88. The molecule has 2 aliphatic heterocycles.